The van der Waals surface area contributed by atoms with Crippen molar-refractivity contribution >= 4 is 34.2 Å². The van der Waals surface area contributed by atoms with Gasteiger partial charge in [0.25, 0.3) is 0 Å². The number of halogens is 1. The largest absolute Gasteiger partial charge is 0.491 e. The van der Waals surface area contributed by atoms with Crippen molar-refractivity contribution in [2.75, 3.05) is 19.7 Å². The molecule has 0 saturated heterocycles. The van der Waals surface area contributed by atoms with Crippen molar-refractivity contribution in [3.8, 4) is 5.75 Å². The smallest absolute Gasteiger partial charge is 0.138 e. The second-order valence-corrected chi connectivity index (χ2v) is 6.99. The fourth-order valence-corrected chi connectivity index (χ4v) is 2.73. The standard InChI is InChI=1S/C23H22BrN3O/c24-22-7-5-19(6-8-22)2-1-11-25-14-15-28-23-16-21(17-27-18-23)4-3-20-9-12-26-13-10-20/h1-10,12-13,16-18,25H,11,14-15H2/b2-1+,4-3?. The lowest BCUT2D eigenvalue weighted by Crippen LogP contribution is -2.21. The monoisotopic (exact) mass is 435 g/mol. The molecule has 0 aliphatic carbocycles. The molecule has 1 N–H and O–H groups in total. The molecule has 0 aliphatic rings. The highest BCUT2D eigenvalue weighted by molar-refractivity contribution is 9.10. The molecule has 0 unspecified atom stereocenters. The molecule has 0 saturated carbocycles. The first-order valence-electron chi connectivity index (χ1n) is 9.08. The number of hydrogen-bond donors (Lipinski definition) is 1. The van der Waals surface area contributed by atoms with E-state index in [9.17, 15) is 0 Å². The molecule has 2 heterocycles. The predicted molar refractivity (Wildman–Crippen MR) is 119 cm³/mol. The van der Waals surface area contributed by atoms with E-state index in [0.29, 0.717) is 6.61 Å². The third kappa shape index (κ3) is 7.10. The Morgan fingerprint density at radius 2 is 1.61 bits per heavy atom. The fraction of sp³-hybridized carbons (Fsp3) is 0.130. The summed E-state index contributed by atoms with van der Waals surface area (Å²) >= 11 is 3.44. The van der Waals surface area contributed by atoms with Crippen LogP contribution >= 0.6 is 15.9 Å². The zero-order chi connectivity index (χ0) is 19.4. The molecular weight excluding hydrogens is 414 g/mol. The summed E-state index contributed by atoms with van der Waals surface area (Å²) in [6.45, 7) is 2.15. The molecule has 142 valence electrons. The molecule has 0 spiro atoms. The summed E-state index contributed by atoms with van der Waals surface area (Å²) in [5.74, 6) is 0.768. The van der Waals surface area contributed by atoms with E-state index in [0.717, 1.165) is 34.4 Å². The number of hydrogen-bond acceptors (Lipinski definition) is 4. The number of nitrogens with zero attached hydrogens (tertiary/aromatic N) is 2. The Morgan fingerprint density at radius 3 is 2.43 bits per heavy atom. The maximum absolute atomic E-state index is 5.78. The van der Waals surface area contributed by atoms with Gasteiger partial charge in [0.2, 0.25) is 0 Å². The van der Waals surface area contributed by atoms with E-state index >= 15 is 0 Å². The summed E-state index contributed by atoms with van der Waals surface area (Å²) in [7, 11) is 0. The zero-order valence-corrected chi connectivity index (χ0v) is 17.0. The Kier molecular flexibility index (Phi) is 7.97. The van der Waals surface area contributed by atoms with Gasteiger partial charge >= 0.3 is 0 Å². The Morgan fingerprint density at radius 1 is 0.857 bits per heavy atom. The van der Waals surface area contributed by atoms with E-state index < -0.39 is 0 Å². The normalized spacial score (nSPS) is 11.3. The molecule has 0 aliphatic heterocycles. The highest BCUT2D eigenvalue weighted by atomic mass is 79.9. The van der Waals surface area contributed by atoms with E-state index in [4.69, 9.17) is 4.74 Å². The van der Waals surface area contributed by atoms with Crippen molar-refractivity contribution in [1.29, 1.82) is 0 Å². The van der Waals surface area contributed by atoms with Gasteiger partial charge in [0.05, 0.1) is 6.20 Å². The van der Waals surface area contributed by atoms with Gasteiger partial charge in [0.1, 0.15) is 12.4 Å². The third-order valence-electron chi connectivity index (χ3n) is 3.90. The predicted octanol–water partition coefficient (Wildman–Crippen LogP) is 5.09. The quantitative estimate of drug-likeness (QED) is 0.475. The van der Waals surface area contributed by atoms with Crippen LogP contribution in [0.4, 0.5) is 0 Å². The third-order valence-corrected chi connectivity index (χ3v) is 4.43. The van der Waals surface area contributed by atoms with E-state index in [-0.39, 0.29) is 0 Å². The van der Waals surface area contributed by atoms with Crippen LogP contribution in [0.2, 0.25) is 0 Å². The summed E-state index contributed by atoms with van der Waals surface area (Å²) in [5.41, 5.74) is 3.28. The van der Waals surface area contributed by atoms with Gasteiger partial charge in [-0.25, -0.2) is 0 Å². The van der Waals surface area contributed by atoms with Crippen LogP contribution in [0.1, 0.15) is 16.7 Å². The van der Waals surface area contributed by atoms with Gasteiger partial charge < -0.3 is 10.1 Å². The van der Waals surface area contributed by atoms with Crippen LogP contribution in [0.3, 0.4) is 0 Å². The Bertz CT molecular complexity index is 909. The lowest BCUT2D eigenvalue weighted by atomic mass is 10.2. The zero-order valence-electron chi connectivity index (χ0n) is 15.5. The first kappa shape index (κ1) is 20.0. The van der Waals surface area contributed by atoms with Gasteiger partial charge in [-0.1, -0.05) is 52.4 Å². The number of pyridine rings is 2. The molecule has 0 bridgehead atoms. The molecule has 3 rings (SSSR count). The first-order valence-corrected chi connectivity index (χ1v) is 9.88. The van der Waals surface area contributed by atoms with E-state index in [1.807, 2.05) is 48.7 Å². The average molecular weight is 436 g/mol. The minimum atomic E-state index is 0.589. The van der Waals surface area contributed by atoms with Crippen molar-refractivity contribution in [3.05, 3.63) is 94.5 Å². The first-order chi connectivity index (χ1) is 13.8. The highest BCUT2D eigenvalue weighted by Gasteiger charge is 1.96. The van der Waals surface area contributed by atoms with Crippen LogP contribution in [0.5, 0.6) is 5.75 Å². The SMILES string of the molecule is Brc1ccc(/C=C/CNCCOc2cncc(C=Cc3ccncc3)c2)cc1. The van der Waals surface area contributed by atoms with Gasteiger partial charge in [-0.15, -0.1) is 0 Å². The van der Waals surface area contributed by atoms with E-state index in [1.54, 1.807) is 18.6 Å². The van der Waals surface area contributed by atoms with E-state index in [1.165, 1.54) is 5.56 Å². The summed E-state index contributed by atoms with van der Waals surface area (Å²) < 4.78 is 6.87. The van der Waals surface area contributed by atoms with Gasteiger partial charge in [0.15, 0.2) is 0 Å². The minimum absolute atomic E-state index is 0.589. The molecule has 0 radical (unpaired) electrons. The Hall–Kier alpha value is -2.76. The van der Waals surface area contributed by atoms with Gasteiger partial charge in [-0.3, -0.25) is 9.97 Å². The molecule has 0 atom stereocenters. The van der Waals surface area contributed by atoms with Crippen LogP contribution in [-0.4, -0.2) is 29.7 Å². The Labute approximate surface area is 174 Å². The van der Waals surface area contributed by atoms with Crippen LogP contribution in [0, 0.1) is 0 Å². The van der Waals surface area contributed by atoms with Crippen LogP contribution < -0.4 is 10.1 Å². The van der Waals surface area contributed by atoms with Crippen molar-refractivity contribution in [2.45, 2.75) is 0 Å². The molecule has 4 nitrogen and oxygen atoms in total. The van der Waals surface area contributed by atoms with Crippen molar-refractivity contribution in [1.82, 2.24) is 15.3 Å². The van der Waals surface area contributed by atoms with Crippen molar-refractivity contribution in [3.63, 3.8) is 0 Å². The highest BCUT2D eigenvalue weighted by Crippen LogP contribution is 2.14. The van der Waals surface area contributed by atoms with E-state index in [2.05, 4.69) is 55.5 Å². The summed E-state index contributed by atoms with van der Waals surface area (Å²) in [6.07, 6.45) is 15.4. The molecule has 0 fully saturated rings. The molecule has 2 aromatic heterocycles. The van der Waals surface area contributed by atoms with Crippen molar-refractivity contribution < 1.29 is 4.74 Å². The fourth-order valence-electron chi connectivity index (χ4n) is 2.47. The number of nitrogens with one attached hydrogen (secondary N) is 1. The van der Waals surface area contributed by atoms with Gasteiger partial charge in [-0.2, -0.15) is 0 Å². The van der Waals surface area contributed by atoms with Gasteiger partial charge in [0, 0.05) is 36.2 Å². The maximum atomic E-state index is 5.78. The molecule has 28 heavy (non-hydrogen) atoms. The summed E-state index contributed by atoms with van der Waals surface area (Å²) in [4.78, 5) is 8.26. The van der Waals surface area contributed by atoms with Crippen LogP contribution in [0.15, 0.2) is 77.8 Å². The van der Waals surface area contributed by atoms with Crippen molar-refractivity contribution in [2.24, 2.45) is 0 Å². The molecule has 0 amide bonds. The lowest BCUT2D eigenvalue weighted by molar-refractivity contribution is 0.315. The summed E-state index contributed by atoms with van der Waals surface area (Å²) in [5, 5.41) is 3.34. The Balaban J connectivity index is 1.38. The second kappa shape index (κ2) is 11.2. The molecule has 1 aromatic carbocycles. The number of ether oxygens (including phenoxy) is 1. The van der Waals surface area contributed by atoms with Gasteiger partial charge in [-0.05, 0) is 47.0 Å². The summed E-state index contributed by atoms with van der Waals surface area (Å²) in [6, 6.07) is 14.1. The second-order valence-electron chi connectivity index (χ2n) is 6.07. The molecular formula is C23H22BrN3O. The lowest BCUT2D eigenvalue weighted by Gasteiger charge is -2.06. The molecule has 3 aromatic rings. The number of rotatable bonds is 9. The maximum Gasteiger partial charge on any atom is 0.138 e. The molecule has 5 heteroatoms. The topological polar surface area (TPSA) is 47.0 Å². The van der Waals surface area contributed by atoms with Crippen LogP contribution in [0.25, 0.3) is 18.2 Å². The minimum Gasteiger partial charge on any atom is -0.491 e. The number of aromatic nitrogens is 2. The number of benzene rings is 1. The average Bonchev–Trinajstić information content (AvgIpc) is 2.74. The van der Waals surface area contributed by atoms with Crippen LogP contribution in [-0.2, 0) is 0 Å².